The van der Waals surface area contributed by atoms with E-state index in [1.54, 1.807) is 0 Å². The van der Waals surface area contributed by atoms with Crippen molar-refractivity contribution in [2.75, 3.05) is 11.9 Å². The van der Waals surface area contributed by atoms with E-state index in [4.69, 9.17) is 0 Å². The Hall–Kier alpha value is -2.37. The lowest BCUT2D eigenvalue weighted by atomic mass is 9.88. The molecule has 1 aliphatic carbocycles. The van der Waals surface area contributed by atoms with E-state index in [0.29, 0.717) is 0 Å². The highest BCUT2D eigenvalue weighted by Gasteiger charge is 2.28. The molecule has 1 fully saturated rings. The minimum Gasteiger partial charge on any atom is -0.345 e. The van der Waals surface area contributed by atoms with E-state index in [2.05, 4.69) is 16.0 Å². The Labute approximate surface area is 167 Å². The van der Waals surface area contributed by atoms with E-state index < -0.39 is 6.04 Å². The van der Waals surface area contributed by atoms with E-state index in [-0.39, 0.29) is 36.1 Å². The smallest absolute Gasteiger partial charge is 0.243 e. The van der Waals surface area contributed by atoms with Crippen molar-refractivity contribution in [1.29, 1.82) is 0 Å². The summed E-state index contributed by atoms with van der Waals surface area (Å²) >= 11 is 0. The van der Waals surface area contributed by atoms with Crippen molar-refractivity contribution in [3.8, 4) is 0 Å². The van der Waals surface area contributed by atoms with Crippen molar-refractivity contribution in [3.63, 3.8) is 0 Å². The lowest BCUT2D eigenvalue weighted by molar-refractivity contribution is -0.133. The van der Waals surface area contributed by atoms with E-state index in [9.17, 15) is 14.4 Å². The molecule has 2 rings (SSSR count). The Morgan fingerprint density at radius 2 is 1.64 bits per heavy atom. The molecule has 1 atom stereocenters. The van der Waals surface area contributed by atoms with Gasteiger partial charge in [0.05, 0.1) is 6.54 Å². The topological polar surface area (TPSA) is 87.3 Å². The van der Waals surface area contributed by atoms with Gasteiger partial charge in [0.25, 0.3) is 0 Å². The van der Waals surface area contributed by atoms with Gasteiger partial charge in [-0.05, 0) is 43.7 Å². The number of nitrogens with one attached hydrogen (secondary N) is 3. The number of amides is 3. The normalized spacial score (nSPS) is 15.8. The molecular weight excluding hydrogens is 354 g/mol. The molecule has 0 aromatic heterocycles. The molecule has 1 saturated carbocycles. The van der Waals surface area contributed by atoms with Gasteiger partial charge in [-0.15, -0.1) is 0 Å². The second-order valence-corrected chi connectivity index (χ2v) is 8.10. The molecule has 0 spiro atoms. The summed E-state index contributed by atoms with van der Waals surface area (Å²) in [6, 6.07) is 5.15. The molecule has 1 aliphatic rings. The summed E-state index contributed by atoms with van der Waals surface area (Å²) in [6.07, 6.45) is 5.07. The predicted octanol–water partition coefficient (Wildman–Crippen LogP) is 3.08. The van der Waals surface area contributed by atoms with Crippen molar-refractivity contribution in [3.05, 3.63) is 29.3 Å². The van der Waals surface area contributed by atoms with Crippen LogP contribution in [0.5, 0.6) is 0 Å². The van der Waals surface area contributed by atoms with Crippen LogP contribution >= 0.6 is 0 Å². The van der Waals surface area contributed by atoms with E-state index >= 15 is 0 Å². The Kier molecular flexibility index (Phi) is 8.03. The zero-order chi connectivity index (χ0) is 20.7. The van der Waals surface area contributed by atoms with Crippen molar-refractivity contribution >= 4 is 23.4 Å². The molecule has 28 heavy (non-hydrogen) atoms. The monoisotopic (exact) mass is 387 g/mol. The van der Waals surface area contributed by atoms with Crippen LogP contribution in [0.2, 0.25) is 0 Å². The fourth-order valence-electron chi connectivity index (χ4n) is 3.64. The molecular formula is C22H33N3O3. The lowest BCUT2D eigenvalue weighted by Crippen LogP contribution is -2.52. The SMILES string of the molecule is Cc1cccc(C)c1NC(=O)CNC(=O)C(NC(=O)C1CCCCC1)C(C)C. The summed E-state index contributed by atoms with van der Waals surface area (Å²) < 4.78 is 0. The maximum atomic E-state index is 12.6. The molecule has 1 unspecified atom stereocenters. The lowest BCUT2D eigenvalue weighted by Gasteiger charge is -2.26. The first kappa shape index (κ1) is 21.9. The van der Waals surface area contributed by atoms with Gasteiger partial charge >= 0.3 is 0 Å². The molecule has 0 aliphatic heterocycles. The number of aryl methyl sites for hydroxylation is 2. The minimum atomic E-state index is -0.637. The van der Waals surface area contributed by atoms with Gasteiger partial charge in [-0.3, -0.25) is 14.4 Å². The molecule has 3 N–H and O–H groups in total. The highest BCUT2D eigenvalue weighted by atomic mass is 16.2. The fourth-order valence-corrected chi connectivity index (χ4v) is 3.64. The van der Waals surface area contributed by atoms with Crippen molar-refractivity contribution in [1.82, 2.24) is 10.6 Å². The van der Waals surface area contributed by atoms with E-state index in [0.717, 1.165) is 42.5 Å². The maximum absolute atomic E-state index is 12.6. The summed E-state index contributed by atoms with van der Waals surface area (Å²) in [5, 5.41) is 8.41. The molecule has 0 saturated heterocycles. The maximum Gasteiger partial charge on any atom is 0.243 e. The largest absolute Gasteiger partial charge is 0.345 e. The number of hydrogen-bond donors (Lipinski definition) is 3. The predicted molar refractivity (Wildman–Crippen MR) is 111 cm³/mol. The van der Waals surface area contributed by atoms with Gasteiger partial charge in [0.1, 0.15) is 6.04 Å². The standard InChI is InChI=1S/C22H33N3O3/c1-14(2)19(25-21(27)17-11-6-5-7-12-17)22(28)23-13-18(26)24-20-15(3)9-8-10-16(20)4/h8-10,14,17,19H,5-7,11-13H2,1-4H3,(H,23,28)(H,24,26)(H,25,27). The molecule has 0 bridgehead atoms. The number of anilines is 1. The van der Waals surface area contributed by atoms with Crippen LogP contribution in [0.25, 0.3) is 0 Å². The van der Waals surface area contributed by atoms with E-state index in [1.165, 1.54) is 6.42 Å². The van der Waals surface area contributed by atoms with Crippen LogP contribution in [0.3, 0.4) is 0 Å². The zero-order valence-electron chi connectivity index (χ0n) is 17.4. The van der Waals surface area contributed by atoms with Gasteiger partial charge in [-0.2, -0.15) is 0 Å². The molecule has 0 radical (unpaired) electrons. The average molecular weight is 388 g/mol. The molecule has 0 heterocycles. The van der Waals surface area contributed by atoms with Crippen LogP contribution in [0, 0.1) is 25.7 Å². The van der Waals surface area contributed by atoms with Gasteiger partial charge in [0.15, 0.2) is 0 Å². The van der Waals surface area contributed by atoms with Gasteiger partial charge in [-0.25, -0.2) is 0 Å². The molecule has 3 amide bonds. The molecule has 6 heteroatoms. The number of carbonyl (C=O) groups is 3. The Bertz CT molecular complexity index is 689. The average Bonchev–Trinajstić information content (AvgIpc) is 2.67. The second kappa shape index (κ2) is 10.2. The third-order valence-electron chi connectivity index (χ3n) is 5.39. The van der Waals surface area contributed by atoms with Crippen molar-refractivity contribution < 1.29 is 14.4 Å². The summed E-state index contributed by atoms with van der Waals surface area (Å²) in [7, 11) is 0. The second-order valence-electron chi connectivity index (χ2n) is 8.10. The first-order chi connectivity index (χ1) is 13.3. The van der Waals surface area contributed by atoms with Crippen molar-refractivity contribution in [2.24, 2.45) is 11.8 Å². The van der Waals surface area contributed by atoms with Gasteiger partial charge in [-0.1, -0.05) is 51.3 Å². The van der Waals surface area contributed by atoms with Crippen LogP contribution in [0.15, 0.2) is 18.2 Å². The zero-order valence-corrected chi connectivity index (χ0v) is 17.4. The number of hydrogen-bond acceptors (Lipinski definition) is 3. The van der Waals surface area contributed by atoms with Crippen LogP contribution in [0.1, 0.15) is 57.1 Å². The Morgan fingerprint density at radius 3 is 2.21 bits per heavy atom. The quantitative estimate of drug-likeness (QED) is 0.672. The summed E-state index contributed by atoms with van der Waals surface area (Å²) in [5.41, 5.74) is 2.71. The number of rotatable bonds is 7. The Morgan fingerprint density at radius 1 is 1.04 bits per heavy atom. The first-order valence-electron chi connectivity index (χ1n) is 10.2. The molecule has 1 aromatic carbocycles. The number of carbonyl (C=O) groups excluding carboxylic acids is 3. The number of benzene rings is 1. The van der Waals surface area contributed by atoms with Crippen molar-refractivity contribution in [2.45, 2.75) is 65.8 Å². The Balaban J connectivity index is 1.89. The van der Waals surface area contributed by atoms with Gasteiger partial charge < -0.3 is 16.0 Å². The van der Waals surface area contributed by atoms with Crippen LogP contribution in [-0.2, 0) is 14.4 Å². The molecule has 6 nitrogen and oxygen atoms in total. The van der Waals surface area contributed by atoms with Gasteiger partial charge in [0, 0.05) is 11.6 Å². The number of para-hydroxylation sites is 1. The van der Waals surface area contributed by atoms with Crippen LogP contribution in [0.4, 0.5) is 5.69 Å². The summed E-state index contributed by atoms with van der Waals surface area (Å²) in [6.45, 7) is 7.51. The molecule has 154 valence electrons. The fraction of sp³-hybridized carbons (Fsp3) is 0.591. The molecule has 1 aromatic rings. The first-order valence-corrected chi connectivity index (χ1v) is 10.2. The van der Waals surface area contributed by atoms with Gasteiger partial charge in [0.2, 0.25) is 17.7 Å². The van der Waals surface area contributed by atoms with Crippen LogP contribution in [-0.4, -0.2) is 30.3 Å². The summed E-state index contributed by atoms with van der Waals surface area (Å²) in [5.74, 6) is -0.722. The third kappa shape index (κ3) is 6.08. The highest BCUT2D eigenvalue weighted by Crippen LogP contribution is 2.24. The minimum absolute atomic E-state index is 0.00451. The summed E-state index contributed by atoms with van der Waals surface area (Å²) in [4.78, 5) is 37.4. The third-order valence-corrected chi connectivity index (χ3v) is 5.39. The highest BCUT2D eigenvalue weighted by molar-refractivity contribution is 5.97. The van der Waals surface area contributed by atoms with Crippen LogP contribution < -0.4 is 16.0 Å². The van der Waals surface area contributed by atoms with E-state index in [1.807, 2.05) is 45.9 Å².